The molecule has 1 aliphatic rings. The van der Waals surface area contributed by atoms with Gasteiger partial charge in [-0.2, -0.15) is 0 Å². The van der Waals surface area contributed by atoms with Crippen LogP contribution in [0.15, 0.2) is 22.7 Å². The van der Waals surface area contributed by atoms with Crippen molar-refractivity contribution in [3.63, 3.8) is 0 Å². The van der Waals surface area contributed by atoms with Crippen molar-refractivity contribution in [2.24, 2.45) is 0 Å². The monoisotopic (exact) mass is 342 g/mol. The summed E-state index contributed by atoms with van der Waals surface area (Å²) in [5, 5.41) is 2.74. The van der Waals surface area contributed by atoms with E-state index in [1.807, 2.05) is 6.92 Å². The molecule has 0 saturated carbocycles. The van der Waals surface area contributed by atoms with E-state index in [2.05, 4.69) is 21.2 Å². The number of halogens is 2. The van der Waals surface area contributed by atoms with Crippen LogP contribution in [-0.2, 0) is 9.59 Å². The van der Waals surface area contributed by atoms with Crippen LogP contribution in [0.1, 0.15) is 26.2 Å². The van der Waals surface area contributed by atoms with Gasteiger partial charge >= 0.3 is 0 Å². The highest BCUT2D eigenvalue weighted by Gasteiger charge is 2.30. The van der Waals surface area contributed by atoms with Gasteiger partial charge in [-0.15, -0.1) is 0 Å². The maximum atomic E-state index is 13.2. The number of amides is 2. The number of hydrogen-bond donors (Lipinski definition) is 1. The second-order valence-electron chi connectivity index (χ2n) is 4.74. The molecule has 1 heterocycles. The van der Waals surface area contributed by atoms with Crippen molar-refractivity contribution in [2.45, 2.75) is 32.2 Å². The standard InChI is InChI=1S/C14H16BrFN2O2/c1-2-3-11-14(20)18(7-6-13(19)17-11)12-5-4-9(16)8-10(12)15/h4-5,8,11H,2-3,6-7H2,1H3,(H,17,19). The van der Waals surface area contributed by atoms with E-state index in [1.54, 1.807) is 11.0 Å². The summed E-state index contributed by atoms with van der Waals surface area (Å²) < 4.78 is 13.7. The fourth-order valence-corrected chi connectivity index (χ4v) is 2.83. The minimum Gasteiger partial charge on any atom is -0.344 e. The molecule has 0 aromatic heterocycles. The Labute approximate surface area is 125 Å². The van der Waals surface area contributed by atoms with Gasteiger partial charge in [0.2, 0.25) is 11.8 Å². The minimum absolute atomic E-state index is 0.127. The second-order valence-corrected chi connectivity index (χ2v) is 5.60. The van der Waals surface area contributed by atoms with E-state index < -0.39 is 6.04 Å². The van der Waals surface area contributed by atoms with E-state index in [1.165, 1.54) is 12.1 Å². The van der Waals surface area contributed by atoms with E-state index in [-0.39, 0.29) is 24.1 Å². The van der Waals surface area contributed by atoms with Crippen molar-refractivity contribution in [3.8, 4) is 0 Å². The van der Waals surface area contributed by atoms with Crippen molar-refractivity contribution >= 4 is 33.4 Å². The highest BCUT2D eigenvalue weighted by Crippen LogP contribution is 2.28. The van der Waals surface area contributed by atoms with Crippen molar-refractivity contribution < 1.29 is 14.0 Å². The van der Waals surface area contributed by atoms with Crippen molar-refractivity contribution in [1.29, 1.82) is 0 Å². The first-order valence-electron chi connectivity index (χ1n) is 6.58. The number of anilines is 1. The molecule has 1 aromatic carbocycles. The van der Waals surface area contributed by atoms with Crippen LogP contribution in [0.4, 0.5) is 10.1 Å². The van der Waals surface area contributed by atoms with Crippen LogP contribution in [0.5, 0.6) is 0 Å². The van der Waals surface area contributed by atoms with Gasteiger partial charge in [-0.3, -0.25) is 9.59 Å². The Balaban J connectivity index is 2.33. The Kier molecular flexibility index (Phi) is 4.75. The molecule has 4 nitrogen and oxygen atoms in total. The molecule has 1 saturated heterocycles. The van der Waals surface area contributed by atoms with E-state index in [0.717, 1.165) is 6.42 Å². The van der Waals surface area contributed by atoms with E-state index in [4.69, 9.17) is 0 Å². The van der Waals surface area contributed by atoms with Gasteiger partial charge in [0.05, 0.1) is 5.69 Å². The fourth-order valence-electron chi connectivity index (χ4n) is 2.26. The lowest BCUT2D eigenvalue weighted by Gasteiger charge is -2.25. The maximum absolute atomic E-state index is 13.2. The quantitative estimate of drug-likeness (QED) is 0.917. The van der Waals surface area contributed by atoms with Crippen LogP contribution in [-0.4, -0.2) is 24.4 Å². The maximum Gasteiger partial charge on any atom is 0.249 e. The molecule has 1 fully saturated rings. The molecule has 6 heteroatoms. The number of rotatable bonds is 3. The average molecular weight is 343 g/mol. The molecule has 0 spiro atoms. The van der Waals surface area contributed by atoms with Gasteiger partial charge in [0.15, 0.2) is 0 Å². The Morgan fingerprint density at radius 3 is 2.85 bits per heavy atom. The molecule has 1 aliphatic heterocycles. The van der Waals surface area contributed by atoms with Crippen LogP contribution in [0, 0.1) is 5.82 Å². The lowest BCUT2D eigenvalue weighted by atomic mass is 10.1. The van der Waals surface area contributed by atoms with Crippen LogP contribution in [0.3, 0.4) is 0 Å². The summed E-state index contributed by atoms with van der Waals surface area (Å²) in [4.78, 5) is 25.7. The number of nitrogens with zero attached hydrogens (tertiary/aromatic N) is 1. The Morgan fingerprint density at radius 1 is 1.45 bits per heavy atom. The van der Waals surface area contributed by atoms with Gasteiger partial charge in [0.1, 0.15) is 11.9 Å². The lowest BCUT2D eigenvalue weighted by molar-refractivity contribution is -0.125. The number of hydrogen-bond acceptors (Lipinski definition) is 2. The van der Waals surface area contributed by atoms with Crippen molar-refractivity contribution in [3.05, 3.63) is 28.5 Å². The van der Waals surface area contributed by atoms with Gasteiger partial charge in [-0.1, -0.05) is 13.3 Å². The molecule has 2 amide bonds. The van der Waals surface area contributed by atoms with Gasteiger partial charge in [0, 0.05) is 17.4 Å². The van der Waals surface area contributed by atoms with E-state index in [0.29, 0.717) is 23.1 Å². The van der Waals surface area contributed by atoms with Crippen LogP contribution in [0.25, 0.3) is 0 Å². The van der Waals surface area contributed by atoms with Crippen LogP contribution in [0.2, 0.25) is 0 Å². The zero-order valence-electron chi connectivity index (χ0n) is 11.2. The third-order valence-electron chi connectivity index (χ3n) is 3.24. The molecule has 0 aliphatic carbocycles. The van der Waals surface area contributed by atoms with Crippen molar-refractivity contribution in [2.75, 3.05) is 11.4 Å². The first-order valence-corrected chi connectivity index (χ1v) is 7.38. The zero-order valence-corrected chi connectivity index (χ0v) is 12.7. The van der Waals surface area contributed by atoms with Gasteiger partial charge in [-0.25, -0.2) is 4.39 Å². The normalized spacial score (nSPS) is 19.8. The molecule has 1 unspecified atom stereocenters. The first kappa shape index (κ1) is 15.0. The van der Waals surface area contributed by atoms with Gasteiger partial charge < -0.3 is 10.2 Å². The highest BCUT2D eigenvalue weighted by molar-refractivity contribution is 9.10. The predicted octanol–water partition coefficient (Wildman–Crippen LogP) is 2.61. The van der Waals surface area contributed by atoms with E-state index >= 15 is 0 Å². The molecule has 1 aromatic rings. The molecule has 20 heavy (non-hydrogen) atoms. The molecule has 0 radical (unpaired) electrons. The number of nitrogens with one attached hydrogen (secondary N) is 1. The largest absolute Gasteiger partial charge is 0.344 e. The molecular formula is C14H16BrFN2O2. The summed E-state index contributed by atoms with van der Waals surface area (Å²) in [5.74, 6) is -0.648. The van der Waals surface area contributed by atoms with Gasteiger partial charge in [-0.05, 0) is 40.5 Å². The third kappa shape index (κ3) is 3.17. The summed E-state index contributed by atoms with van der Waals surface area (Å²) in [6, 6.07) is 3.67. The summed E-state index contributed by atoms with van der Waals surface area (Å²) in [6.45, 7) is 2.26. The summed E-state index contributed by atoms with van der Waals surface area (Å²) in [6.07, 6.45) is 1.64. The van der Waals surface area contributed by atoms with Crippen LogP contribution < -0.4 is 10.2 Å². The van der Waals surface area contributed by atoms with Crippen molar-refractivity contribution in [1.82, 2.24) is 5.32 Å². The summed E-state index contributed by atoms with van der Waals surface area (Å²) in [7, 11) is 0. The van der Waals surface area contributed by atoms with Crippen LogP contribution >= 0.6 is 15.9 Å². The predicted molar refractivity (Wildman–Crippen MR) is 77.9 cm³/mol. The molecule has 1 atom stereocenters. The Hall–Kier alpha value is -1.43. The highest BCUT2D eigenvalue weighted by atomic mass is 79.9. The lowest BCUT2D eigenvalue weighted by Crippen LogP contribution is -2.44. The van der Waals surface area contributed by atoms with E-state index in [9.17, 15) is 14.0 Å². The fraction of sp³-hybridized carbons (Fsp3) is 0.429. The smallest absolute Gasteiger partial charge is 0.249 e. The summed E-state index contributed by atoms with van der Waals surface area (Å²) in [5.41, 5.74) is 0.592. The molecule has 2 rings (SSSR count). The Bertz CT molecular complexity index is 536. The number of carbonyl (C=O) groups is 2. The number of carbonyl (C=O) groups excluding carboxylic acids is 2. The third-order valence-corrected chi connectivity index (χ3v) is 3.87. The topological polar surface area (TPSA) is 49.4 Å². The average Bonchev–Trinajstić information content (AvgIpc) is 2.52. The molecule has 0 bridgehead atoms. The SMILES string of the molecule is CCCC1NC(=O)CCN(c2ccc(F)cc2Br)C1=O. The Morgan fingerprint density at radius 2 is 2.20 bits per heavy atom. The molecule has 108 valence electrons. The molecular weight excluding hydrogens is 327 g/mol. The summed E-state index contributed by atoms with van der Waals surface area (Å²) >= 11 is 3.27. The first-order chi connectivity index (χ1) is 9.52. The van der Waals surface area contributed by atoms with Gasteiger partial charge in [0.25, 0.3) is 0 Å². The minimum atomic E-state index is -0.507. The zero-order chi connectivity index (χ0) is 14.7. The number of benzene rings is 1. The second kappa shape index (κ2) is 6.35. The molecule has 1 N–H and O–H groups in total.